The van der Waals surface area contributed by atoms with E-state index in [0.717, 1.165) is 6.42 Å². The van der Waals surface area contributed by atoms with Gasteiger partial charge in [-0.2, -0.15) is 0 Å². The van der Waals surface area contributed by atoms with Gasteiger partial charge in [-0.3, -0.25) is 9.59 Å². The molecule has 1 N–H and O–H groups in total. The van der Waals surface area contributed by atoms with Crippen LogP contribution in [0.5, 0.6) is 0 Å². The lowest BCUT2D eigenvalue weighted by molar-refractivity contribution is -0.233. The lowest BCUT2D eigenvalue weighted by Gasteiger charge is -2.54. The lowest BCUT2D eigenvalue weighted by Crippen LogP contribution is -2.76. The smallest absolute Gasteiger partial charge is 0.259 e. The molecule has 2 heterocycles. The molecule has 7 nitrogen and oxygen atoms in total. The highest BCUT2D eigenvalue weighted by molar-refractivity contribution is 5.93. The van der Waals surface area contributed by atoms with Crippen molar-refractivity contribution in [1.82, 2.24) is 9.88 Å². The number of amides is 1. The summed E-state index contributed by atoms with van der Waals surface area (Å²) < 4.78 is 15.8. The third-order valence-electron chi connectivity index (χ3n) is 3.91. The van der Waals surface area contributed by atoms with E-state index in [1.807, 2.05) is 6.92 Å². The summed E-state index contributed by atoms with van der Waals surface area (Å²) in [6, 6.07) is 2.79. The molecule has 0 aliphatic carbocycles. The summed E-state index contributed by atoms with van der Waals surface area (Å²) >= 11 is 0. The maximum absolute atomic E-state index is 12.6. The molecule has 2 unspecified atom stereocenters. The van der Waals surface area contributed by atoms with Crippen LogP contribution in [0.3, 0.4) is 0 Å². The van der Waals surface area contributed by atoms with Gasteiger partial charge in [-0.15, -0.1) is 0 Å². The molecule has 1 aliphatic heterocycles. The third-order valence-corrected chi connectivity index (χ3v) is 3.91. The Morgan fingerprint density at radius 1 is 1.32 bits per heavy atom. The molecular formula is C15H22N2O5. The van der Waals surface area contributed by atoms with E-state index >= 15 is 0 Å². The fourth-order valence-electron chi connectivity index (χ4n) is 2.99. The highest BCUT2D eigenvalue weighted by Gasteiger charge is 2.61. The quantitative estimate of drug-likeness (QED) is 0.559. The maximum Gasteiger partial charge on any atom is 0.259 e. The summed E-state index contributed by atoms with van der Waals surface area (Å²) in [6.07, 6.45) is 2.58. The van der Waals surface area contributed by atoms with Gasteiger partial charge < -0.3 is 24.1 Å². The first-order chi connectivity index (χ1) is 10.6. The second kappa shape index (κ2) is 7.04. The molecule has 0 aromatic carbocycles. The van der Waals surface area contributed by atoms with Crippen molar-refractivity contribution in [3.05, 3.63) is 34.2 Å². The zero-order valence-corrected chi connectivity index (χ0v) is 13.1. The predicted octanol–water partition coefficient (Wildman–Crippen LogP) is 0.501. The van der Waals surface area contributed by atoms with Crippen LogP contribution >= 0.6 is 0 Å². The number of carbonyl (C=O) groups is 1. The molecule has 1 aromatic rings. The Balaban J connectivity index is 2.28. The molecule has 22 heavy (non-hydrogen) atoms. The van der Waals surface area contributed by atoms with E-state index in [-0.39, 0.29) is 30.9 Å². The van der Waals surface area contributed by atoms with Gasteiger partial charge >= 0.3 is 0 Å². The Kier molecular flexibility index (Phi) is 5.33. The first-order valence-corrected chi connectivity index (χ1v) is 7.19. The molecular weight excluding hydrogens is 288 g/mol. The summed E-state index contributed by atoms with van der Waals surface area (Å²) in [7, 11) is 3.06. The summed E-state index contributed by atoms with van der Waals surface area (Å²) in [6.45, 7) is 2.22. The molecule has 1 fully saturated rings. The van der Waals surface area contributed by atoms with Crippen molar-refractivity contribution in [2.45, 2.75) is 31.4 Å². The first kappa shape index (κ1) is 16.7. The fraction of sp³-hybridized carbons (Fsp3) is 0.600. The number of likely N-dealkylation sites (tertiary alicyclic amines) is 1. The van der Waals surface area contributed by atoms with Crippen LogP contribution in [0.4, 0.5) is 0 Å². The summed E-state index contributed by atoms with van der Waals surface area (Å²) in [5.74, 6) is -0.150. The fourth-order valence-corrected chi connectivity index (χ4v) is 2.99. The molecule has 1 aliphatic rings. The zero-order chi connectivity index (χ0) is 16.2. The Morgan fingerprint density at radius 2 is 2.09 bits per heavy atom. The molecule has 0 saturated carbocycles. The predicted molar refractivity (Wildman–Crippen MR) is 79.3 cm³/mol. The van der Waals surface area contributed by atoms with Crippen molar-refractivity contribution in [2.75, 3.05) is 27.7 Å². The number of rotatable bonds is 8. The number of nitrogens with one attached hydrogen (secondary N) is 1. The van der Waals surface area contributed by atoms with Crippen LogP contribution in [0.15, 0.2) is 23.1 Å². The van der Waals surface area contributed by atoms with Gasteiger partial charge in [-0.05, 0) is 6.42 Å². The average molecular weight is 310 g/mol. The molecule has 1 amide bonds. The van der Waals surface area contributed by atoms with Gasteiger partial charge in [0.05, 0.1) is 6.04 Å². The van der Waals surface area contributed by atoms with Crippen LogP contribution in [0.2, 0.25) is 0 Å². The number of hydrogen-bond donors (Lipinski definition) is 1. The molecule has 0 bridgehead atoms. The Bertz CT molecular complexity index is 573. The minimum absolute atomic E-state index is 0.0140. The summed E-state index contributed by atoms with van der Waals surface area (Å²) in [4.78, 5) is 28.7. The molecule has 7 heteroatoms. The van der Waals surface area contributed by atoms with E-state index in [2.05, 4.69) is 4.98 Å². The van der Waals surface area contributed by atoms with E-state index in [0.29, 0.717) is 12.1 Å². The number of aromatic nitrogens is 1. The van der Waals surface area contributed by atoms with Gasteiger partial charge in [0, 0.05) is 44.7 Å². The van der Waals surface area contributed by atoms with Crippen molar-refractivity contribution in [1.29, 1.82) is 0 Å². The van der Waals surface area contributed by atoms with E-state index in [9.17, 15) is 9.59 Å². The largest absolute Gasteiger partial charge is 0.365 e. The molecule has 122 valence electrons. The molecule has 1 saturated heterocycles. The minimum atomic E-state index is -1.02. The number of pyridine rings is 1. The topological polar surface area (TPSA) is 80.9 Å². The van der Waals surface area contributed by atoms with Gasteiger partial charge in [0.2, 0.25) is 0 Å². The van der Waals surface area contributed by atoms with Crippen LogP contribution in [0, 0.1) is 0 Å². The minimum Gasteiger partial charge on any atom is -0.365 e. The third kappa shape index (κ3) is 2.92. The molecule has 1 aromatic heterocycles. The number of β-lactam (4-membered cyclic amide) rings is 1. The van der Waals surface area contributed by atoms with Crippen molar-refractivity contribution < 1.29 is 19.0 Å². The van der Waals surface area contributed by atoms with Crippen molar-refractivity contribution >= 4 is 5.91 Å². The van der Waals surface area contributed by atoms with E-state index < -0.39 is 5.60 Å². The number of methoxy groups -OCH3 is 2. The molecule has 0 spiro atoms. The van der Waals surface area contributed by atoms with Crippen LogP contribution in [-0.2, 0) is 25.4 Å². The number of nitrogens with zero attached hydrogens (tertiary/aromatic N) is 1. The van der Waals surface area contributed by atoms with Gasteiger partial charge in [0.15, 0.2) is 11.0 Å². The van der Waals surface area contributed by atoms with Gasteiger partial charge in [0.25, 0.3) is 5.91 Å². The van der Waals surface area contributed by atoms with Crippen molar-refractivity contribution in [3.8, 4) is 0 Å². The van der Waals surface area contributed by atoms with Crippen LogP contribution in [-0.4, -0.2) is 55.2 Å². The first-order valence-electron chi connectivity index (χ1n) is 7.19. The standard InChI is InChI=1S/C15H22N2O5/c1-4-13-15(22-10-21-3,14(19)17(13)9-20-2)8-11-7-12(18)5-6-16-11/h5-7,13H,4,8-10H2,1-3H3,(H,16,18). The number of carbonyl (C=O) groups excluding carboxylic acids is 1. The van der Waals surface area contributed by atoms with Crippen LogP contribution in [0.25, 0.3) is 0 Å². The number of hydrogen-bond acceptors (Lipinski definition) is 5. The number of ether oxygens (including phenoxy) is 3. The van der Waals surface area contributed by atoms with Gasteiger partial charge in [0.1, 0.15) is 13.5 Å². The summed E-state index contributed by atoms with van der Waals surface area (Å²) in [5.41, 5.74) is -0.468. The van der Waals surface area contributed by atoms with Gasteiger partial charge in [-0.25, -0.2) is 0 Å². The van der Waals surface area contributed by atoms with E-state index in [1.54, 1.807) is 18.2 Å². The SMILES string of the molecule is CCC1N(COC)C(=O)C1(Cc1cc(=O)cc[nH]1)OCOC. The Labute approximate surface area is 129 Å². The second-order valence-electron chi connectivity index (χ2n) is 5.28. The van der Waals surface area contributed by atoms with E-state index in [1.165, 1.54) is 19.2 Å². The normalized spacial score (nSPS) is 24.4. The maximum atomic E-state index is 12.6. The Hall–Kier alpha value is -1.70. The zero-order valence-electron chi connectivity index (χ0n) is 13.1. The monoisotopic (exact) mass is 310 g/mol. The molecule has 2 atom stereocenters. The number of H-pyrrole nitrogens is 1. The van der Waals surface area contributed by atoms with Crippen molar-refractivity contribution in [3.63, 3.8) is 0 Å². The van der Waals surface area contributed by atoms with E-state index in [4.69, 9.17) is 14.2 Å². The highest BCUT2D eigenvalue weighted by Crippen LogP contribution is 2.39. The number of aromatic amines is 1. The second-order valence-corrected chi connectivity index (χ2v) is 5.28. The highest BCUT2D eigenvalue weighted by atomic mass is 16.7. The summed E-state index contributed by atoms with van der Waals surface area (Å²) in [5, 5.41) is 0. The van der Waals surface area contributed by atoms with Crippen LogP contribution < -0.4 is 5.43 Å². The average Bonchev–Trinajstić information content (AvgIpc) is 2.51. The lowest BCUT2D eigenvalue weighted by atomic mass is 9.77. The molecule has 0 radical (unpaired) electrons. The van der Waals surface area contributed by atoms with Gasteiger partial charge in [-0.1, -0.05) is 6.92 Å². The molecule has 2 rings (SSSR count). The Morgan fingerprint density at radius 3 is 2.68 bits per heavy atom. The van der Waals surface area contributed by atoms with Crippen molar-refractivity contribution in [2.24, 2.45) is 0 Å². The van der Waals surface area contributed by atoms with Crippen LogP contribution in [0.1, 0.15) is 19.0 Å².